The molecule has 0 aliphatic rings. The minimum Gasteiger partial charge on any atom is -0.497 e. The Balaban J connectivity index is 1.73. The van der Waals surface area contributed by atoms with Crippen molar-refractivity contribution < 1.29 is 9.53 Å². The van der Waals surface area contributed by atoms with Crippen LogP contribution in [0, 0.1) is 6.92 Å². The summed E-state index contributed by atoms with van der Waals surface area (Å²) < 4.78 is 6.72. The van der Waals surface area contributed by atoms with Crippen molar-refractivity contribution in [2.45, 2.75) is 6.92 Å². The average Bonchev–Trinajstić information content (AvgIpc) is 3.22. The van der Waals surface area contributed by atoms with Crippen molar-refractivity contribution in [1.29, 1.82) is 0 Å². The minimum atomic E-state index is -0.433. The fourth-order valence-electron chi connectivity index (χ4n) is 2.96. The van der Waals surface area contributed by atoms with E-state index in [0.29, 0.717) is 33.0 Å². The van der Waals surface area contributed by atoms with Gasteiger partial charge in [0.15, 0.2) is 5.82 Å². The van der Waals surface area contributed by atoms with Crippen LogP contribution in [0.5, 0.6) is 5.75 Å². The lowest BCUT2D eigenvalue weighted by Gasteiger charge is -2.07. The van der Waals surface area contributed by atoms with Gasteiger partial charge in [-0.15, -0.1) is 5.10 Å². The molecule has 0 bridgehead atoms. The maximum absolute atomic E-state index is 12.8. The number of halogens is 2. The van der Waals surface area contributed by atoms with E-state index in [-0.39, 0.29) is 5.82 Å². The Morgan fingerprint density at radius 3 is 2.32 bits per heavy atom. The molecule has 0 saturated heterocycles. The number of hydrogen-bond donors (Lipinski definition) is 1. The molecule has 1 aromatic heterocycles. The number of amides is 1. The summed E-state index contributed by atoms with van der Waals surface area (Å²) in [5, 5.41) is 8.06. The Morgan fingerprint density at radius 1 is 0.968 bits per heavy atom. The highest BCUT2D eigenvalue weighted by molar-refractivity contribution is 6.42. The molecule has 3 aromatic carbocycles. The molecule has 0 unspecified atom stereocenters. The molecule has 4 aromatic rings. The zero-order valence-corrected chi connectivity index (χ0v) is 18.3. The number of rotatable bonds is 5. The molecule has 0 aliphatic heterocycles. The number of ether oxygens (including phenoxy) is 1. The molecule has 1 heterocycles. The van der Waals surface area contributed by atoms with Crippen LogP contribution in [0.15, 0.2) is 66.7 Å². The molecule has 156 valence electrons. The van der Waals surface area contributed by atoms with Gasteiger partial charge < -0.3 is 10.1 Å². The van der Waals surface area contributed by atoms with Gasteiger partial charge in [0.05, 0.1) is 22.8 Å². The van der Waals surface area contributed by atoms with Crippen molar-refractivity contribution in [3.63, 3.8) is 0 Å². The molecule has 0 fully saturated rings. The number of carbonyl (C=O) groups is 1. The van der Waals surface area contributed by atoms with E-state index in [9.17, 15) is 4.79 Å². The normalized spacial score (nSPS) is 10.7. The van der Waals surface area contributed by atoms with Gasteiger partial charge in [0.2, 0.25) is 5.82 Å². The highest BCUT2D eigenvalue weighted by Gasteiger charge is 2.19. The van der Waals surface area contributed by atoms with E-state index in [2.05, 4.69) is 15.4 Å². The Hall–Kier alpha value is -3.35. The second-order valence-corrected chi connectivity index (χ2v) is 7.63. The summed E-state index contributed by atoms with van der Waals surface area (Å²) in [7, 11) is 1.58. The van der Waals surface area contributed by atoms with Gasteiger partial charge >= 0.3 is 0 Å². The van der Waals surface area contributed by atoms with E-state index in [0.717, 1.165) is 11.1 Å². The first-order chi connectivity index (χ1) is 14.9. The number of carbonyl (C=O) groups excluding carboxylic acids is 1. The summed E-state index contributed by atoms with van der Waals surface area (Å²) in [6.07, 6.45) is 0. The number of anilines is 1. The lowest BCUT2D eigenvalue weighted by atomic mass is 10.1. The first-order valence-corrected chi connectivity index (χ1v) is 10.1. The fraction of sp³-hybridized carbons (Fsp3) is 0.0870. The summed E-state index contributed by atoms with van der Waals surface area (Å²) >= 11 is 12.3. The van der Waals surface area contributed by atoms with Crippen LogP contribution >= 0.6 is 23.2 Å². The monoisotopic (exact) mass is 452 g/mol. The van der Waals surface area contributed by atoms with Gasteiger partial charge in [-0.3, -0.25) is 4.79 Å². The Kier molecular flexibility index (Phi) is 5.93. The number of aryl methyl sites for hydroxylation is 1. The van der Waals surface area contributed by atoms with Crippen LogP contribution in [0.1, 0.15) is 16.2 Å². The summed E-state index contributed by atoms with van der Waals surface area (Å²) in [5.74, 6) is 0.801. The van der Waals surface area contributed by atoms with Crippen LogP contribution in [0.3, 0.4) is 0 Å². The second kappa shape index (κ2) is 8.79. The maximum Gasteiger partial charge on any atom is 0.295 e. The Labute approximate surface area is 189 Å². The lowest BCUT2D eigenvalue weighted by Crippen LogP contribution is -2.14. The van der Waals surface area contributed by atoms with Gasteiger partial charge in [-0.25, -0.2) is 9.67 Å². The number of benzene rings is 3. The van der Waals surface area contributed by atoms with Crippen molar-refractivity contribution in [1.82, 2.24) is 14.8 Å². The third-order valence-corrected chi connectivity index (χ3v) is 5.35. The number of aromatic nitrogens is 3. The van der Waals surface area contributed by atoms with Crippen molar-refractivity contribution in [2.75, 3.05) is 12.4 Å². The first kappa shape index (κ1) is 20.9. The van der Waals surface area contributed by atoms with Crippen LogP contribution in [0.4, 0.5) is 5.69 Å². The predicted octanol–water partition coefficient (Wildman–Crippen LogP) is 5.81. The Bertz CT molecular complexity index is 1240. The van der Waals surface area contributed by atoms with Crippen molar-refractivity contribution in [3.8, 4) is 22.8 Å². The third kappa shape index (κ3) is 4.55. The van der Waals surface area contributed by atoms with E-state index in [1.807, 2.05) is 31.2 Å². The molecule has 1 amide bonds. The topological polar surface area (TPSA) is 69.0 Å². The number of nitrogens with zero attached hydrogens (tertiary/aromatic N) is 3. The van der Waals surface area contributed by atoms with Gasteiger partial charge in [-0.2, -0.15) is 0 Å². The summed E-state index contributed by atoms with van der Waals surface area (Å²) in [5.41, 5.74) is 3.17. The summed E-state index contributed by atoms with van der Waals surface area (Å²) in [6.45, 7) is 2.00. The quantitative estimate of drug-likeness (QED) is 0.414. The lowest BCUT2D eigenvalue weighted by molar-refractivity contribution is 0.101. The molecule has 0 aliphatic carbocycles. The predicted molar refractivity (Wildman–Crippen MR) is 122 cm³/mol. The number of methoxy groups -OCH3 is 1. The van der Waals surface area contributed by atoms with E-state index in [1.165, 1.54) is 0 Å². The number of hydrogen-bond acceptors (Lipinski definition) is 4. The molecule has 4 rings (SSSR count). The van der Waals surface area contributed by atoms with Crippen LogP contribution in [0.25, 0.3) is 17.1 Å². The van der Waals surface area contributed by atoms with Gasteiger partial charge in [-0.1, -0.05) is 53.0 Å². The van der Waals surface area contributed by atoms with Gasteiger partial charge in [-0.05, 0) is 49.4 Å². The van der Waals surface area contributed by atoms with Gasteiger partial charge in [0.25, 0.3) is 5.91 Å². The molecular weight excluding hydrogens is 435 g/mol. The summed E-state index contributed by atoms with van der Waals surface area (Å²) in [4.78, 5) is 17.4. The molecular formula is C23H18Cl2N4O2. The van der Waals surface area contributed by atoms with E-state index < -0.39 is 5.91 Å². The Morgan fingerprint density at radius 2 is 1.68 bits per heavy atom. The molecule has 0 saturated carbocycles. The number of nitrogens with one attached hydrogen (secondary N) is 1. The zero-order chi connectivity index (χ0) is 22.0. The fourth-order valence-corrected chi connectivity index (χ4v) is 3.25. The van der Waals surface area contributed by atoms with Crippen LogP contribution < -0.4 is 10.1 Å². The highest BCUT2D eigenvalue weighted by atomic mass is 35.5. The van der Waals surface area contributed by atoms with Gasteiger partial charge in [0.1, 0.15) is 5.75 Å². The van der Waals surface area contributed by atoms with Crippen LogP contribution in [0.2, 0.25) is 10.0 Å². The summed E-state index contributed by atoms with van der Waals surface area (Å²) in [6, 6.07) is 19.9. The van der Waals surface area contributed by atoms with Crippen LogP contribution in [-0.2, 0) is 0 Å². The molecule has 0 spiro atoms. The standard InChI is InChI=1S/C23H18Cl2N4O2/c1-14-3-5-15(6-4-14)22-27-21(23(30)26-16-7-10-18(31-2)11-8-16)28-29(22)17-9-12-19(24)20(25)13-17/h3-13H,1-2H3,(H,26,30). The van der Waals surface area contributed by atoms with Crippen molar-refractivity contribution in [3.05, 3.63) is 88.2 Å². The molecule has 8 heteroatoms. The molecule has 0 radical (unpaired) electrons. The highest BCUT2D eigenvalue weighted by Crippen LogP contribution is 2.27. The zero-order valence-electron chi connectivity index (χ0n) is 16.8. The average molecular weight is 453 g/mol. The largest absolute Gasteiger partial charge is 0.497 e. The van der Waals surface area contributed by atoms with E-state index in [1.54, 1.807) is 54.3 Å². The minimum absolute atomic E-state index is 0.0254. The van der Waals surface area contributed by atoms with E-state index >= 15 is 0 Å². The second-order valence-electron chi connectivity index (χ2n) is 6.82. The maximum atomic E-state index is 12.8. The van der Waals surface area contributed by atoms with Gasteiger partial charge in [0, 0.05) is 11.3 Å². The smallest absolute Gasteiger partial charge is 0.295 e. The first-order valence-electron chi connectivity index (χ1n) is 9.39. The SMILES string of the molecule is COc1ccc(NC(=O)c2nc(-c3ccc(C)cc3)n(-c3ccc(Cl)c(Cl)c3)n2)cc1. The van der Waals surface area contributed by atoms with Crippen molar-refractivity contribution >= 4 is 34.8 Å². The van der Waals surface area contributed by atoms with Crippen LogP contribution in [-0.4, -0.2) is 27.8 Å². The molecule has 0 atom stereocenters. The van der Waals surface area contributed by atoms with Crippen molar-refractivity contribution in [2.24, 2.45) is 0 Å². The third-order valence-electron chi connectivity index (χ3n) is 4.62. The molecule has 1 N–H and O–H groups in total. The van der Waals surface area contributed by atoms with E-state index in [4.69, 9.17) is 27.9 Å². The molecule has 31 heavy (non-hydrogen) atoms. The molecule has 6 nitrogen and oxygen atoms in total.